The Morgan fingerprint density at radius 3 is 2.19 bits per heavy atom. The first-order chi connectivity index (χ1) is 26.4. The summed E-state index contributed by atoms with van der Waals surface area (Å²) >= 11 is 0. The summed E-state index contributed by atoms with van der Waals surface area (Å²) in [5.74, 6) is 1.84. The van der Waals surface area contributed by atoms with Gasteiger partial charge in [-0.25, -0.2) is 0 Å². The molecule has 0 spiro atoms. The second-order valence-corrected chi connectivity index (χ2v) is 13.7. The molecule has 4 aliphatic rings. The van der Waals surface area contributed by atoms with E-state index < -0.39 is 6.23 Å². The molecule has 4 aromatic rings. The van der Waals surface area contributed by atoms with Gasteiger partial charge in [0, 0.05) is 55.4 Å². The SMILES string of the molecule is COc1cc2c(cc1OCCCOc1cc3c(cc1OC)C(O)N1C=C(c4cccc(CCN)c4)C[C@H]1C=N3)N=C[C@@H]1CC(c3ccccc3)=CN1C2=O. The lowest BCUT2D eigenvalue weighted by atomic mass is 10.00. The van der Waals surface area contributed by atoms with Gasteiger partial charge in [-0.3, -0.25) is 14.8 Å². The van der Waals surface area contributed by atoms with Crippen LogP contribution in [0.15, 0.2) is 101 Å². The van der Waals surface area contributed by atoms with Crippen LogP contribution in [0.1, 0.15) is 58.1 Å². The Kier molecular flexibility index (Phi) is 9.90. The average molecular weight is 726 g/mol. The number of amides is 1. The van der Waals surface area contributed by atoms with Crippen LogP contribution in [0.3, 0.4) is 0 Å². The third-order valence-corrected chi connectivity index (χ3v) is 10.3. The van der Waals surface area contributed by atoms with Crippen LogP contribution in [0.5, 0.6) is 23.0 Å². The molecule has 1 amide bonds. The maximum atomic E-state index is 13.7. The minimum absolute atomic E-state index is 0.0941. The molecule has 0 saturated heterocycles. The van der Waals surface area contributed by atoms with Crippen LogP contribution in [0.4, 0.5) is 11.4 Å². The first kappa shape index (κ1) is 35.1. The molecule has 0 bridgehead atoms. The fraction of sp³-hybridized carbons (Fsp3) is 0.279. The number of carbonyl (C=O) groups is 1. The summed E-state index contributed by atoms with van der Waals surface area (Å²) in [4.78, 5) is 26.9. The van der Waals surface area contributed by atoms with Gasteiger partial charge in [0.15, 0.2) is 29.2 Å². The smallest absolute Gasteiger partial charge is 0.260 e. The Bertz CT molecular complexity index is 2180. The number of fused-ring (bicyclic) bond motifs is 4. The molecule has 0 aliphatic carbocycles. The number of rotatable bonds is 12. The van der Waals surface area contributed by atoms with Gasteiger partial charge in [0.05, 0.1) is 56.5 Å². The monoisotopic (exact) mass is 725 g/mol. The van der Waals surface area contributed by atoms with E-state index >= 15 is 0 Å². The van der Waals surface area contributed by atoms with Gasteiger partial charge >= 0.3 is 0 Å². The molecule has 4 aromatic carbocycles. The van der Waals surface area contributed by atoms with Crippen LogP contribution in [-0.2, 0) is 6.42 Å². The highest BCUT2D eigenvalue weighted by Crippen LogP contribution is 2.44. The van der Waals surface area contributed by atoms with E-state index in [2.05, 4.69) is 36.4 Å². The fourth-order valence-electron chi connectivity index (χ4n) is 7.46. The van der Waals surface area contributed by atoms with Crippen molar-refractivity contribution in [3.63, 3.8) is 0 Å². The minimum Gasteiger partial charge on any atom is -0.493 e. The predicted octanol–water partition coefficient (Wildman–Crippen LogP) is 6.85. The summed E-state index contributed by atoms with van der Waals surface area (Å²) in [6, 6.07) is 25.3. The Balaban J connectivity index is 0.910. The highest BCUT2D eigenvalue weighted by Gasteiger charge is 2.35. The van der Waals surface area contributed by atoms with E-state index in [0.717, 1.165) is 35.1 Å². The number of nitrogens with zero attached hydrogens (tertiary/aromatic N) is 4. The molecule has 4 heterocycles. The van der Waals surface area contributed by atoms with Gasteiger partial charge in [0.1, 0.15) is 0 Å². The van der Waals surface area contributed by atoms with Gasteiger partial charge in [-0.15, -0.1) is 0 Å². The number of aliphatic hydroxyl groups excluding tert-OH is 1. The third kappa shape index (κ3) is 6.83. The van der Waals surface area contributed by atoms with Crippen molar-refractivity contribution in [3.05, 3.63) is 119 Å². The van der Waals surface area contributed by atoms with Gasteiger partial charge in [0.25, 0.3) is 5.91 Å². The molecule has 54 heavy (non-hydrogen) atoms. The number of ether oxygens (including phenoxy) is 4. The van der Waals surface area contributed by atoms with E-state index in [0.29, 0.717) is 78.1 Å². The molecule has 3 N–H and O–H groups in total. The van der Waals surface area contributed by atoms with Crippen molar-refractivity contribution >= 4 is 40.9 Å². The normalized spacial score (nSPS) is 19.6. The number of hydrogen-bond donors (Lipinski definition) is 2. The molecule has 276 valence electrons. The van der Waals surface area contributed by atoms with Crippen molar-refractivity contribution in [2.45, 2.75) is 44.0 Å². The standard InChI is InChI=1S/C43H43N5O6/c1-51-38-19-34-36(45-23-32-17-30(25-47(32)42(34)49)28-9-4-3-5-10-28)21-40(38)53-14-7-15-54-41-22-37-35(20-39(41)52-2)43(50)48-26-31(18-33(48)24-46-37)29-11-6-8-27(16-29)12-13-44/h3-6,8-11,16,19-26,32-33,43,50H,7,12-15,17-18,44H2,1-2H3/t32-,33-,43?/m0/s1. The van der Waals surface area contributed by atoms with E-state index in [1.807, 2.05) is 54.0 Å². The molecule has 11 heteroatoms. The predicted molar refractivity (Wildman–Crippen MR) is 209 cm³/mol. The Labute approximate surface area is 314 Å². The maximum absolute atomic E-state index is 13.7. The van der Waals surface area contributed by atoms with Gasteiger partial charge in [-0.1, -0.05) is 54.6 Å². The first-order valence-corrected chi connectivity index (χ1v) is 18.3. The molecular weight excluding hydrogens is 683 g/mol. The zero-order valence-corrected chi connectivity index (χ0v) is 30.4. The molecular formula is C43H43N5O6. The topological polar surface area (TPSA) is 131 Å². The molecule has 1 unspecified atom stereocenters. The van der Waals surface area contributed by atoms with Crippen molar-refractivity contribution in [2.75, 3.05) is 34.0 Å². The van der Waals surface area contributed by atoms with Gasteiger partial charge in [0.2, 0.25) is 0 Å². The Morgan fingerprint density at radius 2 is 1.43 bits per heavy atom. The lowest BCUT2D eigenvalue weighted by molar-refractivity contribution is 0.0336. The van der Waals surface area contributed by atoms with Crippen molar-refractivity contribution in [1.82, 2.24) is 9.80 Å². The molecule has 11 nitrogen and oxygen atoms in total. The number of nitrogens with two attached hydrogens (primary N) is 1. The summed E-state index contributed by atoms with van der Waals surface area (Å²) < 4.78 is 23.6. The van der Waals surface area contributed by atoms with Crippen LogP contribution >= 0.6 is 0 Å². The fourth-order valence-corrected chi connectivity index (χ4v) is 7.46. The van der Waals surface area contributed by atoms with E-state index in [9.17, 15) is 9.90 Å². The van der Waals surface area contributed by atoms with E-state index in [-0.39, 0.29) is 18.0 Å². The van der Waals surface area contributed by atoms with Gasteiger partial charge in [-0.05, 0) is 59.4 Å². The lowest BCUT2D eigenvalue weighted by Gasteiger charge is -2.27. The second kappa shape index (κ2) is 15.2. The highest BCUT2D eigenvalue weighted by atomic mass is 16.5. The molecule has 8 rings (SSSR count). The highest BCUT2D eigenvalue weighted by molar-refractivity contribution is 6.05. The van der Waals surface area contributed by atoms with Crippen molar-refractivity contribution in [2.24, 2.45) is 15.7 Å². The summed E-state index contributed by atoms with van der Waals surface area (Å²) in [6.45, 7) is 1.26. The number of aliphatic hydroxyl groups is 1. The Morgan fingerprint density at radius 1 is 0.759 bits per heavy atom. The molecule has 3 atom stereocenters. The van der Waals surface area contributed by atoms with Crippen LogP contribution < -0.4 is 24.7 Å². The molecule has 4 aliphatic heterocycles. The zero-order chi connectivity index (χ0) is 37.2. The molecule has 0 saturated carbocycles. The first-order valence-electron chi connectivity index (χ1n) is 18.3. The van der Waals surface area contributed by atoms with Crippen LogP contribution in [0, 0.1) is 0 Å². The molecule has 0 radical (unpaired) electrons. The quantitative estimate of drug-likeness (QED) is 0.152. The summed E-state index contributed by atoms with van der Waals surface area (Å²) in [5.41, 5.74) is 13.7. The van der Waals surface area contributed by atoms with Gasteiger partial charge in [-0.2, -0.15) is 0 Å². The third-order valence-electron chi connectivity index (χ3n) is 10.3. The Hall–Kier alpha value is -5.91. The average Bonchev–Trinajstić information content (AvgIpc) is 3.78. The van der Waals surface area contributed by atoms with Crippen LogP contribution in [0.2, 0.25) is 0 Å². The second-order valence-electron chi connectivity index (χ2n) is 13.7. The number of aliphatic imine (C=N–C) groups is 2. The van der Waals surface area contributed by atoms with Crippen LogP contribution in [0.25, 0.3) is 11.1 Å². The van der Waals surface area contributed by atoms with E-state index in [4.69, 9.17) is 34.7 Å². The zero-order valence-electron chi connectivity index (χ0n) is 30.4. The van der Waals surface area contributed by atoms with E-state index in [1.54, 1.807) is 37.3 Å². The van der Waals surface area contributed by atoms with Crippen molar-refractivity contribution in [1.29, 1.82) is 0 Å². The van der Waals surface area contributed by atoms with Gasteiger partial charge < -0.3 is 39.6 Å². The van der Waals surface area contributed by atoms with Crippen molar-refractivity contribution < 1.29 is 28.8 Å². The van der Waals surface area contributed by atoms with Crippen LogP contribution in [-0.4, -0.2) is 79.3 Å². The van der Waals surface area contributed by atoms with E-state index in [1.165, 1.54) is 5.56 Å². The largest absolute Gasteiger partial charge is 0.493 e. The summed E-state index contributed by atoms with van der Waals surface area (Å²) in [5, 5.41) is 11.6. The lowest BCUT2D eigenvalue weighted by Crippen LogP contribution is -2.32. The minimum atomic E-state index is -0.913. The number of methoxy groups -OCH3 is 2. The molecule has 0 fully saturated rings. The number of benzene rings is 4. The maximum Gasteiger partial charge on any atom is 0.260 e. The summed E-state index contributed by atoms with van der Waals surface area (Å²) in [6.07, 6.45) is 9.55. The van der Waals surface area contributed by atoms with Crippen molar-refractivity contribution in [3.8, 4) is 23.0 Å². The summed E-state index contributed by atoms with van der Waals surface area (Å²) in [7, 11) is 3.13. The number of carbonyl (C=O) groups excluding carboxylic acids is 1. The molecule has 0 aromatic heterocycles. The number of hydrogen-bond acceptors (Lipinski definition) is 10.